The molecule has 5 aliphatic rings. The van der Waals surface area contributed by atoms with Crippen LogP contribution in [-0.2, 0) is 0 Å². The molecule has 0 spiro atoms. The van der Waals surface area contributed by atoms with Gasteiger partial charge >= 0.3 is 12.4 Å². The smallest absolute Gasteiger partial charge is 0.383 e. The van der Waals surface area contributed by atoms with Gasteiger partial charge in [-0.2, -0.15) is 26.3 Å². The van der Waals surface area contributed by atoms with Crippen LogP contribution < -0.4 is 16.0 Å². The molecule has 0 aromatic heterocycles. The van der Waals surface area contributed by atoms with E-state index in [1.54, 1.807) is 11.9 Å². The number of hydrogen-bond acceptors (Lipinski definition) is 6. The molecule has 0 amide bonds. The first-order valence-corrected chi connectivity index (χ1v) is 14.6. The van der Waals surface area contributed by atoms with Gasteiger partial charge in [0.25, 0.3) is 0 Å². The molecule has 3 heterocycles. The highest BCUT2D eigenvalue weighted by atomic mass is 19.4. The van der Waals surface area contributed by atoms with Crippen LogP contribution in [0.5, 0.6) is 0 Å². The van der Waals surface area contributed by atoms with Crippen LogP contribution in [0.2, 0.25) is 0 Å². The van der Waals surface area contributed by atoms with Gasteiger partial charge in [-0.3, -0.25) is 26.3 Å². The first-order valence-electron chi connectivity index (χ1n) is 14.6. The SMILES string of the molecule is CN1CC(C(F)(F)F)NC1C1CCC(CN2C(=N)N(C)C3CNC(C4CCCCC4[C@@H](O)C(F)(F)F)NC32)CC1. The Bertz CT molecular complexity index is 898. The maximum absolute atomic E-state index is 13.4. The fraction of sp³-hybridized carbons (Fsp3) is 0.962. The average Bonchev–Trinajstić information content (AvgIpc) is 3.41. The number of guanidine groups is 1. The van der Waals surface area contributed by atoms with Crippen molar-refractivity contribution in [1.29, 1.82) is 5.41 Å². The van der Waals surface area contributed by atoms with Crippen molar-refractivity contribution in [2.75, 3.05) is 33.7 Å². The molecule has 8 atom stereocenters. The molecule has 5 rings (SSSR count). The molecule has 2 aliphatic carbocycles. The van der Waals surface area contributed by atoms with Crippen LogP contribution in [0.1, 0.15) is 51.4 Å². The van der Waals surface area contributed by atoms with E-state index in [0.29, 0.717) is 38.3 Å². The molecular weight excluding hydrogens is 540 g/mol. The summed E-state index contributed by atoms with van der Waals surface area (Å²) in [6.07, 6.45) is -6.49. The zero-order valence-electron chi connectivity index (χ0n) is 23.1. The van der Waals surface area contributed by atoms with Gasteiger partial charge in [-0.15, -0.1) is 0 Å². The zero-order valence-corrected chi connectivity index (χ0v) is 23.1. The van der Waals surface area contributed by atoms with Gasteiger partial charge in [-0.1, -0.05) is 12.8 Å². The van der Waals surface area contributed by atoms with Gasteiger partial charge in [0, 0.05) is 26.7 Å². The second-order valence-electron chi connectivity index (χ2n) is 12.7. The quantitative estimate of drug-likeness (QED) is 0.318. The number of aliphatic hydroxyl groups excluding tert-OH is 1. The van der Waals surface area contributed by atoms with Crippen molar-refractivity contribution in [3.05, 3.63) is 0 Å². The van der Waals surface area contributed by atoms with Crippen LogP contribution >= 0.6 is 0 Å². The Morgan fingerprint density at radius 3 is 2.25 bits per heavy atom. The van der Waals surface area contributed by atoms with Gasteiger partial charge in [0.1, 0.15) is 12.2 Å². The van der Waals surface area contributed by atoms with E-state index in [-0.39, 0.29) is 42.7 Å². The predicted octanol–water partition coefficient (Wildman–Crippen LogP) is 2.71. The van der Waals surface area contributed by atoms with Crippen LogP contribution in [-0.4, -0.2) is 109 Å². The van der Waals surface area contributed by atoms with E-state index < -0.39 is 36.6 Å². The molecule has 5 fully saturated rings. The number of aliphatic hydroxyl groups is 1. The van der Waals surface area contributed by atoms with Crippen molar-refractivity contribution in [3.8, 4) is 0 Å². The second kappa shape index (κ2) is 11.4. The molecule has 230 valence electrons. The molecule has 14 heteroatoms. The van der Waals surface area contributed by atoms with E-state index in [0.717, 1.165) is 32.1 Å². The molecule has 3 aliphatic heterocycles. The Morgan fingerprint density at radius 1 is 0.950 bits per heavy atom. The van der Waals surface area contributed by atoms with Crippen LogP contribution in [0.3, 0.4) is 0 Å². The number of fused-ring (bicyclic) bond motifs is 1. The van der Waals surface area contributed by atoms with Crippen LogP contribution in [0, 0.1) is 29.1 Å². The zero-order chi connectivity index (χ0) is 29.0. The maximum Gasteiger partial charge on any atom is 0.414 e. The molecular formula is C26H43F6N7O. The largest absolute Gasteiger partial charge is 0.414 e. The van der Waals surface area contributed by atoms with Gasteiger partial charge < -0.3 is 14.9 Å². The van der Waals surface area contributed by atoms with E-state index in [9.17, 15) is 31.4 Å². The Labute approximate surface area is 231 Å². The van der Waals surface area contributed by atoms with E-state index in [2.05, 4.69) is 16.0 Å². The predicted molar refractivity (Wildman–Crippen MR) is 137 cm³/mol. The number of halogens is 6. The standard InChI is InChI=1S/C26H43F6N7O/c1-37-13-19(25(27,28)29)35-22(37)15-9-7-14(8-10-15)12-39-23-18(38(2)24(39)33)11-34-21(36-23)17-6-4-3-5-16(17)20(40)26(30,31)32/h14-23,33-36,40H,3-13H2,1-2H3/t14?,15?,16?,17?,18?,19?,20-,21?,22?,23?/m1/s1. The number of likely N-dealkylation sites (N-methyl/N-ethyl adjacent to an activating group) is 2. The van der Waals surface area contributed by atoms with Crippen LogP contribution in [0.25, 0.3) is 0 Å². The molecule has 0 aromatic rings. The third-order valence-electron chi connectivity index (χ3n) is 10.3. The van der Waals surface area contributed by atoms with E-state index in [1.807, 2.05) is 16.8 Å². The summed E-state index contributed by atoms with van der Waals surface area (Å²) in [7, 11) is 3.59. The average molecular weight is 584 g/mol. The molecule has 2 saturated carbocycles. The van der Waals surface area contributed by atoms with Crippen molar-refractivity contribution in [1.82, 2.24) is 30.7 Å². The Balaban J connectivity index is 1.20. The highest BCUT2D eigenvalue weighted by Crippen LogP contribution is 2.41. The summed E-state index contributed by atoms with van der Waals surface area (Å²) in [6.45, 7) is 1.10. The summed E-state index contributed by atoms with van der Waals surface area (Å²) in [5.41, 5.74) is 0. The Morgan fingerprint density at radius 2 is 1.62 bits per heavy atom. The van der Waals surface area contributed by atoms with Gasteiger partial charge in [0.2, 0.25) is 0 Å². The topological polar surface area (TPSA) is 89.9 Å². The van der Waals surface area contributed by atoms with E-state index in [1.165, 1.54) is 0 Å². The molecule has 0 aromatic carbocycles. The van der Waals surface area contributed by atoms with Crippen molar-refractivity contribution >= 4 is 5.96 Å². The Hall–Kier alpha value is -1.35. The summed E-state index contributed by atoms with van der Waals surface area (Å²) < 4.78 is 80.0. The lowest BCUT2D eigenvalue weighted by atomic mass is 9.74. The number of rotatable bonds is 5. The van der Waals surface area contributed by atoms with E-state index in [4.69, 9.17) is 5.41 Å². The van der Waals surface area contributed by atoms with Gasteiger partial charge in [0.05, 0.1) is 18.4 Å². The summed E-state index contributed by atoms with van der Waals surface area (Å²) >= 11 is 0. The molecule has 0 radical (unpaired) electrons. The lowest BCUT2D eigenvalue weighted by Gasteiger charge is -2.46. The third-order valence-corrected chi connectivity index (χ3v) is 10.3. The van der Waals surface area contributed by atoms with Crippen molar-refractivity contribution in [2.24, 2.45) is 23.7 Å². The fourth-order valence-corrected chi connectivity index (χ4v) is 8.01. The summed E-state index contributed by atoms with van der Waals surface area (Å²) in [5, 5.41) is 28.6. The van der Waals surface area contributed by atoms with Crippen LogP contribution in [0.4, 0.5) is 26.3 Å². The first kappa shape index (κ1) is 30.1. The Kier molecular flexibility index (Phi) is 8.57. The van der Waals surface area contributed by atoms with Crippen molar-refractivity contribution in [2.45, 2.75) is 100 Å². The maximum atomic E-state index is 13.4. The molecule has 40 heavy (non-hydrogen) atoms. The number of hydrogen-bond donors (Lipinski definition) is 5. The minimum Gasteiger partial charge on any atom is -0.383 e. The van der Waals surface area contributed by atoms with E-state index >= 15 is 0 Å². The first-order chi connectivity index (χ1) is 18.8. The second-order valence-corrected chi connectivity index (χ2v) is 12.7. The molecule has 7 unspecified atom stereocenters. The van der Waals surface area contributed by atoms with Crippen molar-refractivity contribution in [3.63, 3.8) is 0 Å². The minimum absolute atomic E-state index is 0.0445. The summed E-state index contributed by atoms with van der Waals surface area (Å²) in [6, 6.07) is -1.55. The third kappa shape index (κ3) is 5.93. The van der Waals surface area contributed by atoms with Crippen LogP contribution in [0.15, 0.2) is 0 Å². The number of alkyl halides is 6. The summed E-state index contributed by atoms with van der Waals surface area (Å²) in [5.74, 6) is -0.477. The monoisotopic (exact) mass is 583 g/mol. The van der Waals surface area contributed by atoms with Gasteiger partial charge in [-0.25, -0.2) is 0 Å². The lowest BCUT2D eigenvalue weighted by Crippen LogP contribution is -2.68. The summed E-state index contributed by atoms with van der Waals surface area (Å²) in [4.78, 5) is 5.68. The highest BCUT2D eigenvalue weighted by Gasteiger charge is 2.52. The minimum atomic E-state index is -4.66. The lowest BCUT2D eigenvalue weighted by molar-refractivity contribution is -0.229. The molecule has 3 saturated heterocycles. The van der Waals surface area contributed by atoms with Gasteiger partial charge in [0.15, 0.2) is 12.1 Å². The normalized spacial score (nSPS) is 40.9. The molecule has 8 nitrogen and oxygen atoms in total. The van der Waals surface area contributed by atoms with Gasteiger partial charge in [-0.05, 0) is 69.2 Å². The molecule has 0 bridgehead atoms. The highest BCUT2D eigenvalue weighted by molar-refractivity contribution is 5.80. The van der Waals surface area contributed by atoms with Crippen molar-refractivity contribution < 1.29 is 31.4 Å². The fourth-order valence-electron chi connectivity index (χ4n) is 8.01. The number of nitrogens with one attached hydrogen (secondary N) is 4. The molecule has 5 N–H and O–H groups in total. The number of nitrogens with zero attached hydrogens (tertiary/aromatic N) is 3.